The molecule has 6 heteroatoms. The van der Waals surface area contributed by atoms with Crippen LogP contribution in [0.1, 0.15) is 36.3 Å². The first-order chi connectivity index (χ1) is 12.1. The number of aryl methyl sites for hydroxylation is 2. The number of hydrogen-bond donors (Lipinski definition) is 1. The van der Waals surface area contributed by atoms with Gasteiger partial charge in [-0.05, 0) is 61.6 Å². The third-order valence-corrected chi connectivity index (χ3v) is 6.79. The molecule has 132 valence electrons. The summed E-state index contributed by atoms with van der Waals surface area (Å²) in [6.45, 7) is 0.221. The van der Waals surface area contributed by atoms with Crippen LogP contribution in [0, 0.1) is 0 Å². The molecule has 0 amide bonds. The van der Waals surface area contributed by atoms with Gasteiger partial charge in [-0.15, -0.1) is 0 Å². The van der Waals surface area contributed by atoms with Gasteiger partial charge in [0.05, 0.1) is 17.7 Å². The number of nitrogens with one attached hydrogen (secondary N) is 1. The molecule has 0 radical (unpaired) electrons. The van der Waals surface area contributed by atoms with Crippen molar-refractivity contribution in [2.45, 2.75) is 43.5 Å². The predicted octanol–water partition coefficient (Wildman–Crippen LogP) is 3.85. The minimum atomic E-state index is -3.56. The van der Waals surface area contributed by atoms with E-state index in [9.17, 15) is 8.42 Å². The Morgan fingerprint density at radius 3 is 2.80 bits per heavy atom. The SMILES string of the molecule is CN(Cc1ccco1)S(=O)(=O)c1ccc2[nH]c3c(c2c1)CCCCC3. The Hall–Kier alpha value is -2.05. The van der Waals surface area contributed by atoms with Crippen LogP contribution in [0.15, 0.2) is 45.9 Å². The Bertz CT molecular complexity index is 987. The summed E-state index contributed by atoms with van der Waals surface area (Å²) < 4.78 is 32.5. The van der Waals surface area contributed by atoms with Gasteiger partial charge in [-0.2, -0.15) is 4.31 Å². The van der Waals surface area contributed by atoms with Crippen molar-refractivity contribution in [1.82, 2.24) is 9.29 Å². The average molecular weight is 358 g/mol. The van der Waals surface area contributed by atoms with Crippen LogP contribution in [-0.2, 0) is 29.4 Å². The number of rotatable bonds is 4. The zero-order valence-corrected chi connectivity index (χ0v) is 15.1. The maximum Gasteiger partial charge on any atom is 0.243 e. The van der Waals surface area contributed by atoms with Crippen molar-refractivity contribution >= 4 is 20.9 Å². The molecule has 4 rings (SSSR count). The molecule has 2 heterocycles. The zero-order valence-electron chi connectivity index (χ0n) is 14.3. The highest BCUT2D eigenvalue weighted by atomic mass is 32.2. The molecular formula is C19H22N2O3S. The lowest BCUT2D eigenvalue weighted by atomic mass is 10.1. The maximum atomic E-state index is 12.9. The Morgan fingerprint density at radius 1 is 1.16 bits per heavy atom. The number of benzene rings is 1. The molecule has 0 spiro atoms. The van der Waals surface area contributed by atoms with Gasteiger partial charge in [-0.3, -0.25) is 0 Å². The first kappa shape index (κ1) is 16.4. The molecule has 3 aromatic rings. The first-order valence-corrected chi connectivity index (χ1v) is 10.1. The van der Waals surface area contributed by atoms with Gasteiger partial charge in [0, 0.05) is 23.6 Å². The van der Waals surface area contributed by atoms with Crippen LogP contribution >= 0.6 is 0 Å². The van der Waals surface area contributed by atoms with Gasteiger partial charge < -0.3 is 9.40 Å². The van der Waals surface area contributed by atoms with E-state index in [1.54, 1.807) is 31.5 Å². The van der Waals surface area contributed by atoms with E-state index in [-0.39, 0.29) is 6.54 Å². The van der Waals surface area contributed by atoms with Crippen LogP contribution in [0.3, 0.4) is 0 Å². The van der Waals surface area contributed by atoms with E-state index >= 15 is 0 Å². The topological polar surface area (TPSA) is 66.3 Å². The van der Waals surface area contributed by atoms with Gasteiger partial charge >= 0.3 is 0 Å². The monoisotopic (exact) mass is 358 g/mol. The fourth-order valence-corrected chi connectivity index (χ4v) is 4.77. The van der Waals surface area contributed by atoms with E-state index in [1.807, 2.05) is 12.1 Å². The summed E-state index contributed by atoms with van der Waals surface area (Å²) in [4.78, 5) is 3.81. The maximum absolute atomic E-state index is 12.9. The fraction of sp³-hybridized carbons (Fsp3) is 0.368. The molecule has 1 N–H and O–H groups in total. The second kappa shape index (κ2) is 6.35. The number of fused-ring (bicyclic) bond motifs is 3. The van der Waals surface area contributed by atoms with E-state index in [2.05, 4.69) is 4.98 Å². The van der Waals surface area contributed by atoms with Crippen LogP contribution in [0.25, 0.3) is 10.9 Å². The lowest BCUT2D eigenvalue weighted by Crippen LogP contribution is -2.26. The highest BCUT2D eigenvalue weighted by Gasteiger charge is 2.23. The zero-order chi connectivity index (χ0) is 17.4. The van der Waals surface area contributed by atoms with Crippen LogP contribution < -0.4 is 0 Å². The van der Waals surface area contributed by atoms with Crippen LogP contribution in [0.2, 0.25) is 0 Å². The minimum Gasteiger partial charge on any atom is -0.468 e. The highest BCUT2D eigenvalue weighted by Crippen LogP contribution is 2.31. The second-order valence-corrected chi connectivity index (χ2v) is 8.74. The van der Waals surface area contributed by atoms with Crippen molar-refractivity contribution in [1.29, 1.82) is 0 Å². The molecule has 0 saturated heterocycles. The smallest absolute Gasteiger partial charge is 0.243 e. The Kier molecular flexibility index (Phi) is 4.17. The molecular weight excluding hydrogens is 336 g/mol. The van der Waals surface area contributed by atoms with Gasteiger partial charge in [0.15, 0.2) is 0 Å². The van der Waals surface area contributed by atoms with Gasteiger partial charge in [0.1, 0.15) is 5.76 Å². The van der Waals surface area contributed by atoms with Gasteiger partial charge in [-0.1, -0.05) is 6.42 Å². The molecule has 1 aromatic carbocycles. The number of H-pyrrole nitrogens is 1. The molecule has 25 heavy (non-hydrogen) atoms. The number of furan rings is 1. The van der Waals surface area contributed by atoms with E-state index < -0.39 is 10.0 Å². The fourth-order valence-electron chi connectivity index (χ4n) is 3.61. The molecule has 1 aliphatic carbocycles. The standard InChI is InChI=1S/C19H22N2O3S/c1-21(13-14-6-5-11-24-14)25(22,23)15-9-10-19-17(12-15)16-7-3-2-4-8-18(16)20-19/h5-6,9-12,20H,2-4,7-8,13H2,1H3. The van der Waals surface area contributed by atoms with E-state index in [4.69, 9.17) is 4.42 Å². The number of aromatic nitrogens is 1. The van der Waals surface area contributed by atoms with Gasteiger partial charge in [0.2, 0.25) is 10.0 Å². The largest absolute Gasteiger partial charge is 0.468 e. The van der Waals surface area contributed by atoms with Crippen molar-refractivity contribution in [2.24, 2.45) is 0 Å². The number of aromatic amines is 1. The van der Waals surface area contributed by atoms with Crippen molar-refractivity contribution in [2.75, 3.05) is 7.05 Å². The number of hydrogen-bond acceptors (Lipinski definition) is 3. The van der Waals surface area contributed by atoms with Crippen LogP contribution in [-0.4, -0.2) is 24.8 Å². The third kappa shape index (κ3) is 3.00. The molecule has 5 nitrogen and oxygen atoms in total. The molecule has 0 aliphatic heterocycles. The van der Waals surface area contributed by atoms with Gasteiger partial charge in [0.25, 0.3) is 0 Å². The Morgan fingerprint density at radius 2 is 2.00 bits per heavy atom. The first-order valence-electron chi connectivity index (χ1n) is 8.68. The lowest BCUT2D eigenvalue weighted by Gasteiger charge is -2.16. The highest BCUT2D eigenvalue weighted by molar-refractivity contribution is 7.89. The molecule has 0 saturated carbocycles. The van der Waals surface area contributed by atoms with Crippen LogP contribution in [0.4, 0.5) is 0 Å². The van der Waals surface area contributed by atoms with Gasteiger partial charge in [-0.25, -0.2) is 8.42 Å². The molecule has 0 unspecified atom stereocenters. The molecule has 1 aliphatic rings. The quantitative estimate of drug-likeness (QED) is 0.720. The van der Waals surface area contributed by atoms with E-state index in [0.717, 1.165) is 30.2 Å². The molecule has 0 fully saturated rings. The third-order valence-electron chi connectivity index (χ3n) is 4.99. The van der Waals surface area contributed by atoms with Crippen molar-refractivity contribution < 1.29 is 12.8 Å². The van der Waals surface area contributed by atoms with E-state index in [1.165, 1.54) is 28.4 Å². The van der Waals surface area contributed by atoms with Crippen molar-refractivity contribution in [3.63, 3.8) is 0 Å². The summed E-state index contributed by atoms with van der Waals surface area (Å²) in [6, 6.07) is 8.94. The molecule has 0 bridgehead atoms. The van der Waals surface area contributed by atoms with Crippen molar-refractivity contribution in [3.05, 3.63) is 53.6 Å². The average Bonchev–Trinajstić information content (AvgIpc) is 3.16. The van der Waals surface area contributed by atoms with Crippen LogP contribution in [0.5, 0.6) is 0 Å². The Labute approximate surface area is 147 Å². The lowest BCUT2D eigenvalue weighted by molar-refractivity contribution is 0.406. The summed E-state index contributed by atoms with van der Waals surface area (Å²) in [5.41, 5.74) is 3.59. The van der Waals surface area contributed by atoms with Crippen molar-refractivity contribution in [3.8, 4) is 0 Å². The Balaban J connectivity index is 1.71. The number of nitrogens with zero attached hydrogens (tertiary/aromatic N) is 1. The normalized spacial score (nSPS) is 15.4. The summed E-state index contributed by atoms with van der Waals surface area (Å²) in [5.74, 6) is 0.627. The second-order valence-electron chi connectivity index (χ2n) is 6.69. The number of sulfonamides is 1. The minimum absolute atomic E-state index is 0.221. The summed E-state index contributed by atoms with van der Waals surface area (Å²) in [7, 11) is -1.98. The summed E-state index contributed by atoms with van der Waals surface area (Å²) >= 11 is 0. The molecule has 0 atom stereocenters. The van der Waals surface area contributed by atoms with E-state index in [0.29, 0.717) is 10.7 Å². The molecule has 2 aromatic heterocycles. The summed E-state index contributed by atoms with van der Waals surface area (Å²) in [5, 5.41) is 1.05. The predicted molar refractivity (Wildman–Crippen MR) is 96.9 cm³/mol. The summed E-state index contributed by atoms with van der Waals surface area (Å²) in [6.07, 6.45) is 7.20.